The predicted octanol–water partition coefficient (Wildman–Crippen LogP) is 4.91. The van der Waals surface area contributed by atoms with Crippen molar-refractivity contribution < 1.29 is 14.3 Å². The van der Waals surface area contributed by atoms with E-state index in [-0.39, 0.29) is 6.42 Å². The number of carboxylic acids is 1. The molecule has 0 atom stereocenters. The smallest absolute Gasteiger partial charge is 0.307 e. The van der Waals surface area contributed by atoms with E-state index in [1.165, 1.54) is 12.1 Å². The summed E-state index contributed by atoms with van der Waals surface area (Å²) in [6.07, 6.45) is -0.229. The first-order chi connectivity index (χ1) is 10.5. The second-order valence-electron chi connectivity index (χ2n) is 4.87. The Morgan fingerprint density at radius 1 is 1.23 bits per heavy atom. The van der Waals surface area contributed by atoms with E-state index in [1.807, 2.05) is 0 Å². The molecule has 22 heavy (non-hydrogen) atoms. The van der Waals surface area contributed by atoms with Crippen molar-refractivity contribution in [1.29, 1.82) is 0 Å². The molecule has 0 aliphatic rings. The molecule has 112 valence electrons. The lowest BCUT2D eigenvalue weighted by atomic mass is 10.0. The second-order valence-corrected chi connectivity index (χ2v) is 5.71. The van der Waals surface area contributed by atoms with E-state index in [0.29, 0.717) is 37.8 Å². The number of fused-ring (bicyclic) bond motifs is 1. The molecule has 0 saturated carbocycles. The van der Waals surface area contributed by atoms with Gasteiger partial charge in [-0.25, -0.2) is 4.39 Å². The number of hydrogen-bond donors (Lipinski definition) is 2. The van der Waals surface area contributed by atoms with Crippen LogP contribution < -0.4 is 0 Å². The molecule has 3 nitrogen and oxygen atoms in total. The van der Waals surface area contributed by atoms with Crippen LogP contribution in [0.4, 0.5) is 4.39 Å². The zero-order valence-corrected chi connectivity index (χ0v) is 12.7. The molecule has 0 aliphatic carbocycles. The van der Waals surface area contributed by atoms with E-state index in [4.69, 9.17) is 28.3 Å². The van der Waals surface area contributed by atoms with E-state index in [9.17, 15) is 9.18 Å². The summed E-state index contributed by atoms with van der Waals surface area (Å²) in [6.45, 7) is 0. The fraction of sp³-hybridized carbons (Fsp3) is 0.0625. The summed E-state index contributed by atoms with van der Waals surface area (Å²) in [5.41, 5.74) is 2.21. The lowest BCUT2D eigenvalue weighted by molar-refractivity contribution is -0.136. The fourth-order valence-corrected chi connectivity index (χ4v) is 3.14. The summed E-state index contributed by atoms with van der Waals surface area (Å²) in [7, 11) is 0. The highest BCUT2D eigenvalue weighted by Crippen LogP contribution is 2.37. The van der Waals surface area contributed by atoms with Gasteiger partial charge in [-0.1, -0.05) is 35.3 Å². The number of aliphatic carboxylic acids is 1. The highest BCUT2D eigenvalue weighted by atomic mass is 35.5. The first-order valence-electron chi connectivity index (χ1n) is 6.43. The molecule has 0 radical (unpaired) electrons. The molecular formula is C16H10Cl2FNO2. The van der Waals surface area contributed by atoms with Gasteiger partial charge in [0.1, 0.15) is 5.82 Å². The van der Waals surface area contributed by atoms with Gasteiger partial charge in [-0.05, 0) is 29.8 Å². The minimum absolute atomic E-state index is 0.229. The molecule has 0 bridgehead atoms. The average molecular weight is 338 g/mol. The molecule has 6 heteroatoms. The van der Waals surface area contributed by atoms with Crippen molar-refractivity contribution in [3.8, 4) is 11.3 Å². The molecule has 0 amide bonds. The van der Waals surface area contributed by atoms with Crippen LogP contribution >= 0.6 is 23.2 Å². The zero-order valence-electron chi connectivity index (χ0n) is 11.2. The molecule has 0 fully saturated rings. The highest BCUT2D eigenvalue weighted by Gasteiger charge is 2.19. The third kappa shape index (κ3) is 2.67. The Balaban J connectivity index is 2.33. The van der Waals surface area contributed by atoms with Crippen molar-refractivity contribution in [1.82, 2.24) is 4.98 Å². The molecule has 1 aromatic heterocycles. The van der Waals surface area contributed by atoms with Crippen molar-refractivity contribution in [2.24, 2.45) is 0 Å². The van der Waals surface area contributed by atoms with E-state index in [1.54, 1.807) is 24.3 Å². The maximum atomic E-state index is 13.5. The zero-order chi connectivity index (χ0) is 15.9. The largest absolute Gasteiger partial charge is 0.481 e. The van der Waals surface area contributed by atoms with Gasteiger partial charge in [0.05, 0.1) is 17.1 Å². The number of hydrogen-bond acceptors (Lipinski definition) is 1. The van der Waals surface area contributed by atoms with E-state index in [2.05, 4.69) is 4.98 Å². The van der Waals surface area contributed by atoms with Crippen molar-refractivity contribution in [3.05, 3.63) is 57.8 Å². The summed E-state index contributed by atoms with van der Waals surface area (Å²) in [5.74, 6) is -1.40. The number of aromatic nitrogens is 1. The normalized spacial score (nSPS) is 11.0. The molecule has 0 aliphatic heterocycles. The van der Waals surface area contributed by atoms with Crippen molar-refractivity contribution in [3.63, 3.8) is 0 Å². The number of aromatic amines is 1. The third-order valence-electron chi connectivity index (χ3n) is 3.36. The van der Waals surface area contributed by atoms with Crippen molar-refractivity contribution in [2.45, 2.75) is 6.42 Å². The Morgan fingerprint density at radius 2 is 2.00 bits per heavy atom. The molecule has 0 unspecified atom stereocenters. The average Bonchev–Trinajstić information content (AvgIpc) is 2.76. The standard InChI is InChI=1S/C16H10Cl2FNO2/c17-9-5-12(18)15-11(7-14(21)22)16(20-13(15)6-9)8-2-1-3-10(19)4-8/h1-6,20H,7H2,(H,21,22). The molecule has 2 N–H and O–H groups in total. The minimum atomic E-state index is -0.996. The quantitative estimate of drug-likeness (QED) is 0.713. The Kier molecular flexibility index (Phi) is 3.81. The Labute approximate surface area is 135 Å². The first kappa shape index (κ1) is 14.9. The van der Waals surface area contributed by atoms with Crippen molar-refractivity contribution >= 4 is 40.1 Å². The lowest BCUT2D eigenvalue weighted by Crippen LogP contribution is -2.01. The van der Waals surface area contributed by atoms with Gasteiger partial charge in [-0.2, -0.15) is 0 Å². The van der Waals surface area contributed by atoms with E-state index >= 15 is 0 Å². The van der Waals surface area contributed by atoms with Gasteiger partial charge in [-0.3, -0.25) is 4.79 Å². The molecular weight excluding hydrogens is 328 g/mol. The summed E-state index contributed by atoms with van der Waals surface area (Å²) in [4.78, 5) is 14.3. The molecule has 1 heterocycles. The predicted molar refractivity (Wildman–Crippen MR) is 85.1 cm³/mol. The molecule has 2 aromatic carbocycles. The van der Waals surface area contributed by atoms with Crippen LogP contribution in [0, 0.1) is 5.82 Å². The van der Waals surface area contributed by atoms with Gasteiger partial charge >= 0.3 is 5.97 Å². The van der Waals surface area contributed by atoms with Gasteiger partial charge in [0.15, 0.2) is 0 Å². The van der Waals surface area contributed by atoms with Crippen LogP contribution in [-0.2, 0) is 11.2 Å². The number of carboxylic acid groups (broad SMARTS) is 1. The highest BCUT2D eigenvalue weighted by molar-refractivity contribution is 6.39. The first-order valence-corrected chi connectivity index (χ1v) is 7.18. The van der Waals surface area contributed by atoms with Crippen LogP contribution in [0.1, 0.15) is 5.56 Å². The van der Waals surface area contributed by atoms with Crippen LogP contribution in [0.3, 0.4) is 0 Å². The number of nitrogens with one attached hydrogen (secondary N) is 1. The monoisotopic (exact) mass is 337 g/mol. The van der Waals surface area contributed by atoms with Crippen LogP contribution in [-0.4, -0.2) is 16.1 Å². The van der Waals surface area contributed by atoms with Gasteiger partial charge in [0.2, 0.25) is 0 Å². The number of rotatable bonds is 3. The van der Waals surface area contributed by atoms with Gasteiger partial charge in [0.25, 0.3) is 0 Å². The minimum Gasteiger partial charge on any atom is -0.481 e. The van der Waals surface area contributed by atoms with Crippen LogP contribution in [0.2, 0.25) is 10.0 Å². The summed E-state index contributed by atoms with van der Waals surface area (Å²) in [5, 5.41) is 10.5. The van der Waals surface area contributed by atoms with Crippen molar-refractivity contribution in [2.75, 3.05) is 0 Å². The number of H-pyrrole nitrogens is 1. The van der Waals surface area contributed by atoms with E-state index < -0.39 is 11.8 Å². The number of carbonyl (C=O) groups is 1. The van der Waals surface area contributed by atoms with Crippen LogP contribution in [0.25, 0.3) is 22.2 Å². The lowest BCUT2D eigenvalue weighted by Gasteiger charge is -2.04. The topological polar surface area (TPSA) is 53.1 Å². The SMILES string of the molecule is O=C(O)Cc1c(-c2cccc(F)c2)[nH]c2cc(Cl)cc(Cl)c12. The van der Waals surface area contributed by atoms with Gasteiger partial charge in [-0.15, -0.1) is 0 Å². The summed E-state index contributed by atoms with van der Waals surface area (Å²) < 4.78 is 13.5. The number of halogens is 3. The van der Waals surface area contributed by atoms with Gasteiger partial charge in [0, 0.05) is 21.5 Å². The van der Waals surface area contributed by atoms with Gasteiger partial charge < -0.3 is 10.1 Å². The van der Waals surface area contributed by atoms with E-state index in [0.717, 1.165) is 0 Å². The molecule has 0 saturated heterocycles. The molecule has 3 rings (SSSR count). The Morgan fingerprint density at radius 3 is 2.68 bits per heavy atom. The molecule has 3 aromatic rings. The summed E-state index contributed by atoms with van der Waals surface area (Å²) in [6, 6.07) is 9.15. The third-order valence-corrected chi connectivity index (χ3v) is 3.88. The Bertz CT molecular complexity index is 889. The van der Waals surface area contributed by atoms with Crippen LogP contribution in [0.15, 0.2) is 36.4 Å². The molecule has 0 spiro atoms. The maximum Gasteiger partial charge on any atom is 0.307 e. The summed E-state index contributed by atoms with van der Waals surface area (Å²) >= 11 is 12.2. The van der Waals surface area contributed by atoms with Crippen LogP contribution in [0.5, 0.6) is 0 Å². The maximum absolute atomic E-state index is 13.5. The Hall–Kier alpha value is -2.04. The fourth-order valence-electron chi connectivity index (χ4n) is 2.53. The second kappa shape index (κ2) is 5.63. The number of benzene rings is 2.